The molecular formula is C11H8N4O3. The normalized spacial score (nSPS) is 10.9. The summed E-state index contributed by atoms with van der Waals surface area (Å²) < 4.78 is 6.50. The van der Waals surface area contributed by atoms with Crippen molar-refractivity contribution in [3.8, 4) is 11.3 Å². The monoisotopic (exact) mass is 244 g/mol. The third-order valence-electron chi connectivity index (χ3n) is 2.60. The number of hydrogen-bond acceptors (Lipinski definition) is 5. The Balaban J connectivity index is 2.33. The van der Waals surface area contributed by atoms with E-state index in [1.54, 1.807) is 36.0 Å². The number of imidazole rings is 1. The van der Waals surface area contributed by atoms with E-state index in [0.29, 0.717) is 22.7 Å². The summed E-state index contributed by atoms with van der Waals surface area (Å²) >= 11 is 0. The van der Waals surface area contributed by atoms with E-state index in [0.717, 1.165) is 0 Å². The fourth-order valence-corrected chi connectivity index (χ4v) is 1.83. The van der Waals surface area contributed by atoms with Gasteiger partial charge in [-0.25, -0.2) is 14.8 Å². The maximum Gasteiger partial charge on any atom is 0.375 e. The molecule has 3 aromatic rings. The van der Waals surface area contributed by atoms with E-state index in [4.69, 9.17) is 9.63 Å². The number of aromatic carboxylic acids is 1. The Bertz CT molecular complexity index is 744. The van der Waals surface area contributed by atoms with Crippen LogP contribution in [0.5, 0.6) is 0 Å². The molecule has 3 heterocycles. The Morgan fingerprint density at radius 2 is 2.28 bits per heavy atom. The number of hydrogen-bond donors (Lipinski definition) is 1. The van der Waals surface area contributed by atoms with Crippen molar-refractivity contribution in [2.24, 2.45) is 0 Å². The number of nitrogens with zero attached hydrogens (tertiary/aromatic N) is 4. The number of fused-ring (bicyclic) bond motifs is 1. The van der Waals surface area contributed by atoms with Crippen LogP contribution in [0.25, 0.3) is 17.0 Å². The number of carboxylic acids is 1. The number of carbonyl (C=O) groups is 1. The van der Waals surface area contributed by atoms with Crippen molar-refractivity contribution in [1.82, 2.24) is 19.5 Å². The molecule has 0 aliphatic rings. The van der Waals surface area contributed by atoms with Crippen LogP contribution < -0.4 is 0 Å². The fourth-order valence-electron chi connectivity index (χ4n) is 1.83. The van der Waals surface area contributed by atoms with Crippen molar-refractivity contribution >= 4 is 11.7 Å². The molecule has 0 saturated carbocycles. The second kappa shape index (κ2) is 3.66. The molecule has 0 amide bonds. The predicted octanol–water partition coefficient (Wildman–Crippen LogP) is 1.39. The standard InChI is InChI=1S/C11H8N4O3/c1-6-8(9(10(16)17)18-14-6)7-5-13-11-12-3-2-4-15(7)11/h2-5H,1H3,(H,16,17). The zero-order valence-electron chi connectivity index (χ0n) is 9.36. The number of aromatic nitrogens is 4. The molecule has 0 atom stereocenters. The molecule has 7 heteroatoms. The van der Waals surface area contributed by atoms with Gasteiger partial charge in [0.05, 0.1) is 23.1 Å². The van der Waals surface area contributed by atoms with Crippen molar-refractivity contribution in [3.05, 3.63) is 36.1 Å². The molecule has 18 heavy (non-hydrogen) atoms. The van der Waals surface area contributed by atoms with Crippen molar-refractivity contribution in [1.29, 1.82) is 0 Å². The lowest BCUT2D eigenvalue weighted by atomic mass is 10.1. The van der Waals surface area contributed by atoms with Crippen LogP contribution in [0.3, 0.4) is 0 Å². The molecular weight excluding hydrogens is 236 g/mol. The SMILES string of the molecule is Cc1noc(C(=O)O)c1-c1cnc2ncccn12. The van der Waals surface area contributed by atoms with E-state index in [2.05, 4.69) is 15.1 Å². The molecule has 0 aliphatic carbocycles. The van der Waals surface area contributed by atoms with E-state index in [1.807, 2.05) is 0 Å². The minimum Gasteiger partial charge on any atom is -0.475 e. The highest BCUT2D eigenvalue weighted by molar-refractivity contribution is 5.93. The topological polar surface area (TPSA) is 93.5 Å². The Hall–Kier alpha value is -2.70. The highest BCUT2D eigenvalue weighted by atomic mass is 16.5. The minimum atomic E-state index is -1.16. The second-order valence-corrected chi connectivity index (χ2v) is 3.71. The van der Waals surface area contributed by atoms with Crippen molar-refractivity contribution in [2.75, 3.05) is 0 Å². The van der Waals surface area contributed by atoms with Gasteiger partial charge in [-0.05, 0) is 13.0 Å². The van der Waals surface area contributed by atoms with Gasteiger partial charge in [-0.2, -0.15) is 0 Å². The minimum absolute atomic E-state index is 0.196. The zero-order chi connectivity index (χ0) is 12.7. The van der Waals surface area contributed by atoms with Gasteiger partial charge in [0.25, 0.3) is 5.76 Å². The molecule has 0 spiro atoms. The second-order valence-electron chi connectivity index (χ2n) is 3.71. The predicted molar refractivity (Wildman–Crippen MR) is 60.2 cm³/mol. The number of aryl methyl sites for hydroxylation is 1. The van der Waals surface area contributed by atoms with Crippen LogP contribution >= 0.6 is 0 Å². The summed E-state index contributed by atoms with van der Waals surface area (Å²) in [6.45, 7) is 1.68. The van der Waals surface area contributed by atoms with Crippen LogP contribution in [0.2, 0.25) is 0 Å². The molecule has 0 saturated heterocycles. The van der Waals surface area contributed by atoms with Gasteiger partial charge in [0.1, 0.15) is 0 Å². The van der Waals surface area contributed by atoms with Gasteiger partial charge < -0.3 is 9.63 Å². The zero-order valence-corrected chi connectivity index (χ0v) is 9.36. The van der Waals surface area contributed by atoms with E-state index >= 15 is 0 Å². The first kappa shape index (κ1) is 10.5. The van der Waals surface area contributed by atoms with Gasteiger partial charge in [-0.15, -0.1) is 0 Å². The lowest BCUT2D eigenvalue weighted by Crippen LogP contribution is -1.98. The van der Waals surface area contributed by atoms with E-state index in [9.17, 15) is 4.79 Å². The smallest absolute Gasteiger partial charge is 0.375 e. The molecule has 3 rings (SSSR count). The summed E-state index contributed by atoms with van der Waals surface area (Å²) in [5.74, 6) is -0.868. The molecule has 0 fully saturated rings. The fraction of sp³-hybridized carbons (Fsp3) is 0.0909. The largest absolute Gasteiger partial charge is 0.475 e. The lowest BCUT2D eigenvalue weighted by Gasteiger charge is -1.99. The van der Waals surface area contributed by atoms with Gasteiger partial charge in [0, 0.05) is 12.4 Å². The quantitative estimate of drug-likeness (QED) is 0.732. The molecule has 90 valence electrons. The average molecular weight is 244 g/mol. The summed E-state index contributed by atoms with van der Waals surface area (Å²) in [4.78, 5) is 19.3. The summed E-state index contributed by atoms with van der Waals surface area (Å²) in [6.07, 6.45) is 4.92. The van der Waals surface area contributed by atoms with Gasteiger partial charge in [-0.1, -0.05) is 5.16 Å². The number of rotatable bonds is 2. The maximum absolute atomic E-state index is 11.1. The molecule has 0 aliphatic heterocycles. The van der Waals surface area contributed by atoms with E-state index < -0.39 is 5.97 Å². The van der Waals surface area contributed by atoms with Crippen molar-refractivity contribution in [2.45, 2.75) is 6.92 Å². The van der Waals surface area contributed by atoms with Crippen LogP contribution in [0.1, 0.15) is 16.2 Å². The van der Waals surface area contributed by atoms with Crippen LogP contribution in [-0.2, 0) is 0 Å². The Morgan fingerprint density at radius 1 is 1.44 bits per heavy atom. The first-order valence-electron chi connectivity index (χ1n) is 5.16. The highest BCUT2D eigenvalue weighted by Crippen LogP contribution is 2.27. The summed E-state index contributed by atoms with van der Waals surface area (Å²) in [5, 5.41) is 12.8. The van der Waals surface area contributed by atoms with Crippen LogP contribution in [-0.4, -0.2) is 30.6 Å². The maximum atomic E-state index is 11.1. The van der Waals surface area contributed by atoms with Gasteiger partial charge in [-0.3, -0.25) is 4.40 Å². The van der Waals surface area contributed by atoms with Gasteiger partial charge in [0.15, 0.2) is 0 Å². The van der Waals surface area contributed by atoms with Crippen LogP contribution in [0, 0.1) is 6.92 Å². The van der Waals surface area contributed by atoms with Crippen LogP contribution in [0.15, 0.2) is 29.2 Å². The summed E-state index contributed by atoms with van der Waals surface area (Å²) in [6, 6.07) is 1.74. The number of carboxylic acid groups (broad SMARTS) is 1. The van der Waals surface area contributed by atoms with Gasteiger partial charge in [0.2, 0.25) is 5.78 Å². The third kappa shape index (κ3) is 1.37. The average Bonchev–Trinajstić information content (AvgIpc) is 2.92. The van der Waals surface area contributed by atoms with Gasteiger partial charge >= 0.3 is 5.97 Å². The molecule has 0 radical (unpaired) electrons. The highest BCUT2D eigenvalue weighted by Gasteiger charge is 2.23. The Labute approximate surface area is 101 Å². The molecule has 7 nitrogen and oxygen atoms in total. The molecule has 0 bridgehead atoms. The third-order valence-corrected chi connectivity index (χ3v) is 2.60. The van der Waals surface area contributed by atoms with E-state index in [1.165, 1.54) is 0 Å². The van der Waals surface area contributed by atoms with Crippen molar-refractivity contribution < 1.29 is 14.4 Å². The van der Waals surface area contributed by atoms with Crippen LogP contribution in [0.4, 0.5) is 0 Å². The lowest BCUT2D eigenvalue weighted by molar-refractivity contribution is 0.0653. The Kier molecular flexibility index (Phi) is 2.12. The summed E-state index contributed by atoms with van der Waals surface area (Å²) in [7, 11) is 0. The molecule has 0 unspecified atom stereocenters. The molecule has 3 aromatic heterocycles. The first-order chi connectivity index (χ1) is 8.68. The van der Waals surface area contributed by atoms with E-state index in [-0.39, 0.29) is 5.76 Å². The Morgan fingerprint density at radius 3 is 3.06 bits per heavy atom. The first-order valence-corrected chi connectivity index (χ1v) is 5.16. The van der Waals surface area contributed by atoms with Crippen molar-refractivity contribution in [3.63, 3.8) is 0 Å². The molecule has 1 N–H and O–H groups in total. The molecule has 0 aromatic carbocycles. The summed E-state index contributed by atoms with van der Waals surface area (Å²) in [5.41, 5.74) is 1.51.